The van der Waals surface area contributed by atoms with Gasteiger partial charge in [0.15, 0.2) is 0 Å². The number of rotatable bonds is 9. The van der Waals surface area contributed by atoms with Gasteiger partial charge in [-0.25, -0.2) is 9.48 Å². The predicted molar refractivity (Wildman–Crippen MR) is 132 cm³/mol. The molecular formula is C26H27N2O5P. The Morgan fingerprint density at radius 3 is 2.15 bits per heavy atom. The Morgan fingerprint density at radius 1 is 0.912 bits per heavy atom. The summed E-state index contributed by atoms with van der Waals surface area (Å²) >= 11 is 0. The van der Waals surface area contributed by atoms with Gasteiger partial charge in [0.2, 0.25) is 0 Å². The van der Waals surface area contributed by atoms with Gasteiger partial charge in [-0.05, 0) is 49.7 Å². The highest BCUT2D eigenvalue weighted by molar-refractivity contribution is 7.54. The second-order valence-corrected chi connectivity index (χ2v) is 9.65. The van der Waals surface area contributed by atoms with Crippen LogP contribution in [0.5, 0.6) is 0 Å². The number of aromatic nitrogens is 2. The van der Waals surface area contributed by atoms with Crippen molar-refractivity contribution < 1.29 is 23.1 Å². The van der Waals surface area contributed by atoms with Crippen LogP contribution in [0.15, 0.2) is 78.9 Å². The maximum atomic E-state index is 14.3. The summed E-state index contributed by atoms with van der Waals surface area (Å²) < 4.78 is 32.5. The van der Waals surface area contributed by atoms with E-state index in [1.54, 1.807) is 42.8 Å². The SMILES string of the molecule is CCOP(=O)(OCC)C(c1ccccc1)c1c2ccccc2nn1-c1ccc(C(=O)OC)cc1. The van der Waals surface area contributed by atoms with Crippen molar-refractivity contribution in [1.29, 1.82) is 0 Å². The molecule has 0 saturated heterocycles. The highest BCUT2D eigenvalue weighted by atomic mass is 31.2. The van der Waals surface area contributed by atoms with Gasteiger partial charge in [0.25, 0.3) is 0 Å². The third kappa shape index (κ3) is 4.55. The molecule has 176 valence electrons. The first-order chi connectivity index (χ1) is 16.5. The molecule has 1 unspecified atom stereocenters. The van der Waals surface area contributed by atoms with Crippen molar-refractivity contribution >= 4 is 24.5 Å². The van der Waals surface area contributed by atoms with Gasteiger partial charge in [-0.3, -0.25) is 4.57 Å². The van der Waals surface area contributed by atoms with Crippen molar-refractivity contribution in [2.45, 2.75) is 19.5 Å². The van der Waals surface area contributed by atoms with Gasteiger partial charge < -0.3 is 13.8 Å². The topological polar surface area (TPSA) is 79.7 Å². The van der Waals surface area contributed by atoms with Gasteiger partial charge in [0, 0.05) is 5.39 Å². The van der Waals surface area contributed by atoms with Gasteiger partial charge in [0.1, 0.15) is 5.66 Å². The van der Waals surface area contributed by atoms with Gasteiger partial charge in [0.05, 0.1) is 42.8 Å². The summed E-state index contributed by atoms with van der Waals surface area (Å²) in [5, 5.41) is 5.67. The van der Waals surface area contributed by atoms with Crippen molar-refractivity contribution in [2.24, 2.45) is 0 Å². The number of esters is 1. The van der Waals surface area contributed by atoms with Crippen molar-refractivity contribution in [3.8, 4) is 5.69 Å². The number of fused-ring (bicyclic) bond motifs is 1. The van der Waals surface area contributed by atoms with E-state index in [4.69, 9.17) is 18.9 Å². The molecule has 0 saturated carbocycles. The first-order valence-corrected chi connectivity index (χ1v) is 12.7. The Kier molecular flexibility index (Phi) is 7.27. The highest BCUT2D eigenvalue weighted by Crippen LogP contribution is 2.64. The fourth-order valence-electron chi connectivity index (χ4n) is 4.04. The largest absolute Gasteiger partial charge is 0.465 e. The number of nitrogens with zero attached hydrogens (tertiary/aromatic N) is 2. The number of ether oxygens (including phenoxy) is 1. The summed E-state index contributed by atoms with van der Waals surface area (Å²) in [7, 11) is -2.31. The average Bonchev–Trinajstić information content (AvgIpc) is 3.24. The lowest BCUT2D eigenvalue weighted by Gasteiger charge is -2.27. The van der Waals surface area contributed by atoms with Crippen LogP contribution in [0.4, 0.5) is 0 Å². The summed E-state index contributed by atoms with van der Waals surface area (Å²) in [6.45, 7) is 4.07. The molecule has 0 fully saturated rings. The van der Waals surface area contributed by atoms with Crippen molar-refractivity contribution in [1.82, 2.24) is 9.78 Å². The van der Waals surface area contributed by atoms with E-state index in [1.807, 2.05) is 54.6 Å². The molecule has 1 heterocycles. The standard InChI is InChI=1S/C26H27N2O5P/c1-4-32-34(30,33-5-2)25(19-11-7-6-8-12-19)24-22-13-9-10-14-23(22)27-28(24)21-17-15-20(16-18-21)26(29)31-3/h6-18,25H,4-5H2,1-3H3. The number of carbonyl (C=O) groups excluding carboxylic acids is 1. The van der Waals surface area contributed by atoms with Crippen molar-refractivity contribution in [2.75, 3.05) is 20.3 Å². The van der Waals surface area contributed by atoms with Crippen LogP contribution >= 0.6 is 7.60 Å². The van der Waals surface area contributed by atoms with E-state index in [2.05, 4.69) is 0 Å². The summed E-state index contributed by atoms with van der Waals surface area (Å²) in [6.07, 6.45) is 0. The van der Waals surface area contributed by atoms with Crippen LogP contribution in [-0.4, -0.2) is 36.1 Å². The molecule has 8 heteroatoms. The minimum atomic E-state index is -3.66. The fraction of sp³-hybridized carbons (Fsp3) is 0.231. The molecular weight excluding hydrogens is 451 g/mol. The normalized spacial score (nSPS) is 12.6. The zero-order valence-corrected chi connectivity index (χ0v) is 20.3. The average molecular weight is 478 g/mol. The molecule has 7 nitrogen and oxygen atoms in total. The summed E-state index contributed by atoms with van der Waals surface area (Å²) in [4.78, 5) is 11.9. The molecule has 0 amide bonds. The molecule has 0 radical (unpaired) electrons. The summed E-state index contributed by atoms with van der Waals surface area (Å²) in [5.41, 5.74) is 2.65. The van der Waals surface area contributed by atoms with Crippen LogP contribution in [0.3, 0.4) is 0 Å². The fourth-order valence-corrected chi connectivity index (χ4v) is 6.22. The van der Waals surface area contributed by atoms with Crippen molar-refractivity contribution in [3.63, 3.8) is 0 Å². The van der Waals surface area contributed by atoms with Crippen molar-refractivity contribution in [3.05, 3.63) is 95.7 Å². The first kappa shape index (κ1) is 23.9. The van der Waals surface area contributed by atoms with Crippen LogP contribution in [0.2, 0.25) is 0 Å². The molecule has 0 spiro atoms. The van der Waals surface area contributed by atoms with Crippen LogP contribution in [0, 0.1) is 0 Å². The maximum Gasteiger partial charge on any atom is 0.344 e. The van der Waals surface area contributed by atoms with E-state index in [0.29, 0.717) is 16.9 Å². The van der Waals surface area contributed by atoms with Crippen LogP contribution < -0.4 is 0 Å². The number of carbonyl (C=O) groups is 1. The minimum Gasteiger partial charge on any atom is -0.465 e. The van der Waals surface area contributed by atoms with Gasteiger partial charge in [-0.1, -0.05) is 48.5 Å². The zero-order valence-electron chi connectivity index (χ0n) is 19.4. The Hall–Kier alpha value is -3.25. The molecule has 1 aromatic heterocycles. The van der Waals surface area contributed by atoms with E-state index in [-0.39, 0.29) is 13.2 Å². The third-order valence-electron chi connectivity index (χ3n) is 5.46. The molecule has 4 rings (SSSR count). The lowest BCUT2D eigenvalue weighted by Crippen LogP contribution is -2.14. The Labute approximate surface area is 198 Å². The lowest BCUT2D eigenvalue weighted by molar-refractivity contribution is 0.0600. The molecule has 1 atom stereocenters. The van der Waals surface area contributed by atoms with E-state index in [0.717, 1.165) is 16.5 Å². The first-order valence-electron chi connectivity index (χ1n) is 11.1. The van der Waals surface area contributed by atoms with Crippen LogP contribution in [0.1, 0.15) is 41.1 Å². The van der Waals surface area contributed by atoms with Crippen LogP contribution in [0.25, 0.3) is 16.6 Å². The second-order valence-electron chi connectivity index (χ2n) is 7.54. The second kappa shape index (κ2) is 10.3. The summed E-state index contributed by atoms with van der Waals surface area (Å²) in [6, 6.07) is 24.2. The highest BCUT2D eigenvalue weighted by Gasteiger charge is 2.41. The van der Waals surface area contributed by atoms with E-state index < -0.39 is 19.2 Å². The Balaban J connectivity index is 2.00. The monoisotopic (exact) mass is 478 g/mol. The molecule has 0 aliphatic rings. The quantitative estimate of drug-likeness (QED) is 0.212. The molecule has 4 aromatic rings. The minimum absolute atomic E-state index is 0.237. The predicted octanol–water partition coefficient (Wildman–Crippen LogP) is 6.17. The number of hydrogen-bond acceptors (Lipinski definition) is 6. The third-order valence-corrected chi connectivity index (χ3v) is 7.87. The number of hydrogen-bond donors (Lipinski definition) is 0. The van der Waals surface area contributed by atoms with Gasteiger partial charge >= 0.3 is 13.6 Å². The Morgan fingerprint density at radius 2 is 1.53 bits per heavy atom. The molecule has 34 heavy (non-hydrogen) atoms. The molecule has 0 bridgehead atoms. The maximum absolute atomic E-state index is 14.3. The zero-order chi connectivity index (χ0) is 24.1. The number of methoxy groups -OCH3 is 1. The number of benzene rings is 3. The molecule has 0 aliphatic heterocycles. The Bertz CT molecular complexity index is 1310. The van der Waals surface area contributed by atoms with E-state index in [1.165, 1.54) is 7.11 Å². The lowest BCUT2D eigenvalue weighted by atomic mass is 10.1. The van der Waals surface area contributed by atoms with Gasteiger partial charge in [-0.2, -0.15) is 5.10 Å². The molecule has 3 aromatic carbocycles. The summed E-state index contributed by atoms with van der Waals surface area (Å²) in [5.74, 6) is -0.420. The van der Waals surface area contributed by atoms with E-state index in [9.17, 15) is 9.36 Å². The van der Waals surface area contributed by atoms with Gasteiger partial charge in [-0.15, -0.1) is 0 Å². The molecule has 0 aliphatic carbocycles. The van der Waals surface area contributed by atoms with Crippen LogP contribution in [-0.2, 0) is 18.3 Å². The molecule has 0 N–H and O–H groups in total. The van der Waals surface area contributed by atoms with E-state index >= 15 is 0 Å². The smallest absolute Gasteiger partial charge is 0.344 e.